The van der Waals surface area contributed by atoms with Crippen LogP contribution in [0.15, 0.2) is 60.7 Å². The van der Waals surface area contributed by atoms with Crippen molar-refractivity contribution in [1.29, 1.82) is 0 Å². The number of nitrogens with one attached hydrogen (secondary N) is 1. The van der Waals surface area contributed by atoms with Gasteiger partial charge in [-0.05, 0) is 72.4 Å². The quantitative estimate of drug-likeness (QED) is 0.270. The van der Waals surface area contributed by atoms with E-state index in [2.05, 4.69) is 5.32 Å². The van der Waals surface area contributed by atoms with Crippen molar-refractivity contribution < 1.29 is 23.5 Å². The highest BCUT2D eigenvalue weighted by Crippen LogP contribution is 2.30. The summed E-state index contributed by atoms with van der Waals surface area (Å²) < 4.78 is 26.7. The minimum absolute atomic E-state index is 0.175. The van der Waals surface area contributed by atoms with Crippen molar-refractivity contribution in [3.05, 3.63) is 71.8 Å². The molecular weight excluding hydrogens is 471 g/mol. The van der Waals surface area contributed by atoms with Gasteiger partial charge in [0.1, 0.15) is 11.2 Å². The molecule has 2 aromatic carbocycles. The van der Waals surface area contributed by atoms with Crippen molar-refractivity contribution in [2.24, 2.45) is 0 Å². The summed E-state index contributed by atoms with van der Waals surface area (Å²) in [5.41, 5.74) is 0.620. The Morgan fingerprint density at radius 2 is 1.43 bits per heavy atom. The molecule has 0 saturated carbocycles. The van der Waals surface area contributed by atoms with Gasteiger partial charge >= 0.3 is 12.1 Å². The number of carbonyl (C=O) groups is 2. The molecule has 0 heterocycles. The molecule has 0 saturated heterocycles. The van der Waals surface area contributed by atoms with E-state index in [1.54, 1.807) is 41.5 Å². The number of benzene rings is 2. The van der Waals surface area contributed by atoms with Crippen LogP contribution in [-0.4, -0.2) is 46.9 Å². The first kappa shape index (κ1) is 30.3. The van der Waals surface area contributed by atoms with Gasteiger partial charge in [-0.3, -0.25) is 4.90 Å². The molecule has 6 nitrogen and oxygen atoms in total. The fourth-order valence-corrected chi connectivity index (χ4v) is 4.07. The summed E-state index contributed by atoms with van der Waals surface area (Å²) in [5.74, 6) is -0.879. The number of hydrogen-bond donors (Lipinski definition) is 1. The lowest BCUT2D eigenvalue weighted by atomic mass is 9.97. The molecule has 37 heavy (non-hydrogen) atoms. The average molecular weight is 515 g/mol. The third-order valence-corrected chi connectivity index (χ3v) is 5.73. The maximum atomic E-state index is 16.0. The number of carbonyl (C=O) groups excluding carboxylic acids is 2. The van der Waals surface area contributed by atoms with Gasteiger partial charge in [-0.25, -0.2) is 14.0 Å². The summed E-state index contributed by atoms with van der Waals surface area (Å²) >= 11 is 0. The topological polar surface area (TPSA) is 67.9 Å². The molecule has 0 bridgehead atoms. The Hall–Kier alpha value is -2.93. The molecule has 204 valence electrons. The first-order chi connectivity index (χ1) is 17.3. The van der Waals surface area contributed by atoms with E-state index in [4.69, 9.17) is 9.47 Å². The zero-order valence-corrected chi connectivity index (χ0v) is 23.3. The highest BCUT2D eigenvalue weighted by molar-refractivity contribution is 5.76. The normalized spacial score (nSPS) is 14.5. The van der Waals surface area contributed by atoms with Gasteiger partial charge in [0, 0.05) is 19.1 Å². The average Bonchev–Trinajstić information content (AvgIpc) is 2.81. The smallest absolute Gasteiger partial charge is 0.407 e. The second-order valence-electron chi connectivity index (χ2n) is 11.3. The molecule has 2 aromatic rings. The van der Waals surface area contributed by atoms with Crippen molar-refractivity contribution in [2.45, 2.75) is 97.3 Å². The summed E-state index contributed by atoms with van der Waals surface area (Å²) in [6.45, 7) is 13.3. The van der Waals surface area contributed by atoms with E-state index in [-0.39, 0.29) is 6.04 Å². The van der Waals surface area contributed by atoms with Gasteiger partial charge in [-0.2, -0.15) is 0 Å². The monoisotopic (exact) mass is 514 g/mol. The Kier molecular flexibility index (Phi) is 11.1. The minimum Gasteiger partial charge on any atom is -0.458 e. The number of halogens is 1. The first-order valence-electron chi connectivity index (χ1n) is 13.0. The van der Waals surface area contributed by atoms with E-state index < -0.39 is 35.5 Å². The third kappa shape index (κ3) is 10.9. The van der Waals surface area contributed by atoms with Gasteiger partial charge in [0.15, 0.2) is 0 Å². The van der Waals surface area contributed by atoms with Crippen LogP contribution >= 0.6 is 0 Å². The number of rotatable bonds is 11. The lowest BCUT2D eigenvalue weighted by Gasteiger charge is -2.38. The summed E-state index contributed by atoms with van der Waals surface area (Å²) in [6.07, 6.45) is -1.59. The van der Waals surface area contributed by atoms with Gasteiger partial charge in [0.2, 0.25) is 6.17 Å². The van der Waals surface area contributed by atoms with Crippen molar-refractivity contribution in [3.63, 3.8) is 0 Å². The van der Waals surface area contributed by atoms with Crippen LogP contribution in [0.1, 0.15) is 78.5 Å². The molecule has 1 N–H and O–H groups in total. The molecule has 0 aliphatic carbocycles. The summed E-state index contributed by atoms with van der Waals surface area (Å²) in [6, 6.07) is 18.7. The summed E-state index contributed by atoms with van der Waals surface area (Å²) in [5, 5.41) is 2.73. The van der Waals surface area contributed by atoms with Crippen LogP contribution in [0.25, 0.3) is 0 Å². The van der Waals surface area contributed by atoms with Crippen LogP contribution in [0, 0.1) is 0 Å². The fourth-order valence-electron chi connectivity index (χ4n) is 4.07. The van der Waals surface area contributed by atoms with E-state index in [0.29, 0.717) is 25.9 Å². The van der Waals surface area contributed by atoms with E-state index in [9.17, 15) is 9.59 Å². The van der Waals surface area contributed by atoms with Crippen LogP contribution in [0.4, 0.5) is 9.18 Å². The summed E-state index contributed by atoms with van der Waals surface area (Å²) in [4.78, 5) is 27.0. The van der Waals surface area contributed by atoms with Crippen LogP contribution < -0.4 is 5.32 Å². The number of hydrogen-bond acceptors (Lipinski definition) is 5. The first-order valence-corrected chi connectivity index (χ1v) is 13.0. The SMILES string of the molecule is C[C@@H](c1ccccc1)N(Cc1ccccc1)[C@@H](CCCNC(=O)OC(C)(C)C)[C@H](F)C(=O)OC(C)(C)C. The lowest BCUT2D eigenvalue weighted by molar-refractivity contribution is -0.164. The molecule has 0 radical (unpaired) electrons. The Balaban J connectivity index is 2.31. The number of esters is 1. The number of alkyl halides is 1. The molecule has 0 aromatic heterocycles. The summed E-state index contributed by atoms with van der Waals surface area (Å²) in [7, 11) is 0. The molecule has 0 aliphatic heterocycles. The van der Waals surface area contributed by atoms with Gasteiger partial charge in [-0.15, -0.1) is 0 Å². The maximum Gasteiger partial charge on any atom is 0.407 e. The third-order valence-electron chi connectivity index (χ3n) is 5.73. The standard InChI is InChI=1S/C30H43FN2O4/c1-22(24-17-12-9-13-18-24)33(21-23-15-10-8-11-16-23)25(26(31)27(34)36-29(2,3)4)19-14-20-32-28(35)37-30(5,6)7/h8-13,15-18,22,25-26H,14,19-21H2,1-7H3,(H,32,35)/t22-,25-,26-/m0/s1. The predicted molar refractivity (Wildman–Crippen MR) is 145 cm³/mol. The Bertz CT molecular complexity index is 971. The Labute approximate surface area is 221 Å². The second kappa shape index (κ2) is 13.6. The van der Waals surface area contributed by atoms with E-state index in [1.807, 2.05) is 72.5 Å². The highest BCUT2D eigenvalue weighted by atomic mass is 19.1. The lowest BCUT2D eigenvalue weighted by Crippen LogP contribution is -2.48. The van der Waals surface area contributed by atoms with E-state index >= 15 is 4.39 Å². The molecule has 0 unspecified atom stereocenters. The number of ether oxygens (including phenoxy) is 2. The van der Waals surface area contributed by atoms with Gasteiger partial charge in [0.25, 0.3) is 0 Å². The van der Waals surface area contributed by atoms with E-state index in [0.717, 1.165) is 11.1 Å². The minimum atomic E-state index is -1.87. The second-order valence-corrected chi connectivity index (χ2v) is 11.3. The molecule has 7 heteroatoms. The molecule has 0 spiro atoms. The number of amides is 1. The zero-order chi connectivity index (χ0) is 27.6. The fraction of sp³-hybridized carbons (Fsp3) is 0.533. The Morgan fingerprint density at radius 3 is 1.97 bits per heavy atom. The predicted octanol–water partition coefficient (Wildman–Crippen LogP) is 6.60. The highest BCUT2D eigenvalue weighted by Gasteiger charge is 2.38. The van der Waals surface area contributed by atoms with Crippen LogP contribution in [0.2, 0.25) is 0 Å². The van der Waals surface area contributed by atoms with Gasteiger partial charge in [0.05, 0.1) is 6.04 Å². The van der Waals surface area contributed by atoms with Gasteiger partial charge < -0.3 is 14.8 Å². The number of alkyl carbamates (subject to hydrolysis) is 1. The molecule has 0 aliphatic rings. The molecule has 2 rings (SSSR count). The van der Waals surface area contributed by atoms with Gasteiger partial charge in [-0.1, -0.05) is 60.7 Å². The maximum absolute atomic E-state index is 16.0. The van der Waals surface area contributed by atoms with E-state index in [1.165, 1.54) is 0 Å². The van der Waals surface area contributed by atoms with Crippen molar-refractivity contribution in [2.75, 3.05) is 6.54 Å². The molecular formula is C30H43FN2O4. The zero-order valence-electron chi connectivity index (χ0n) is 23.3. The van der Waals surface area contributed by atoms with Crippen molar-refractivity contribution in [3.8, 4) is 0 Å². The van der Waals surface area contributed by atoms with Crippen LogP contribution in [0.3, 0.4) is 0 Å². The van der Waals surface area contributed by atoms with Crippen LogP contribution in [0.5, 0.6) is 0 Å². The molecule has 1 amide bonds. The largest absolute Gasteiger partial charge is 0.458 e. The number of nitrogens with zero attached hydrogens (tertiary/aromatic N) is 1. The molecule has 3 atom stereocenters. The molecule has 0 fully saturated rings. The van der Waals surface area contributed by atoms with Crippen molar-refractivity contribution >= 4 is 12.1 Å². The van der Waals surface area contributed by atoms with Crippen LogP contribution in [-0.2, 0) is 20.8 Å². The van der Waals surface area contributed by atoms with Crippen molar-refractivity contribution in [1.82, 2.24) is 10.2 Å². The Morgan fingerprint density at radius 1 is 0.892 bits per heavy atom.